The van der Waals surface area contributed by atoms with Crippen molar-refractivity contribution in [2.75, 3.05) is 32.4 Å². The molecular weight excluding hydrogens is 416 g/mol. The van der Waals surface area contributed by atoms with Crippen LogP contribution in [0.5, 0.6) is 17.2 Å². The number of methoxy groups -OCH3 is 3. The molecule has 0 saturated carbocycles. The minimum Gasteiger partial charge on any atom is -0.493 e. The number of ether oxygens (including phenoxy) is 3. The normalized spacial score (nSPS) is 19.4. The van der Waals surface area contributed by atoms with Crippen molar-refractivity contribution in [1.82, 2.24) is 14.8 Å². The fourth-order valence-electron chi connectivity index (χ4n) is 4.41. The third-order valence-electron chi connectivity index (χ3n) is 5.62. The molecule has 0 spiro atoms. The molecular formula is C22H28N4O4S. The molecule has 2 heterocycles. The second-order valence-electron chi connectivity index (χ2n) is 8.38. The standard InChI is InChI=1S/C22H28N4O4S/c1-7-31-21-24-20-23-13-10-22(2,3)11-14(27)16(13)17(26(20)25-21)12-8-9-15(28-4)19(30-6)18(12)29-5/h8-9,17H,7,10-11H2,1-6H3,(H,23,24,25). The number of nitrogens with one attached hydrogen (secondary N) is 1. The van der Waals surface area contributed by atoms with Crippen LogP contribution >= 0.6 is 11.8 Å². The molecule has 8 nitrogen and oxygen atoms in total. The van der Waals surface area contributed by atoms with Crippen molar-refractivity contribution in [3.63, 3.8) is 0 Å². The van der Waals surface area contributed by atoms with Crippen molar-refractivity contribution < 1.29 is 19.0 Å². The van der Waals surface area contributed by atoms with Gasteiger partial charge in [0.15, 0.2) is 17.3 Å². The number of fused-ring (bicyclic) bond motifs is 1. The fourth-order valence-corrected chi connectivity index (χ4v) is 4.96. The lowest BCUT2D eigenvalue weighted by Crippen LogP contribution is -2.36. The van der Waals surface area contributed by atoms with Gasteiger partial charge in [-0.05, 0) is 29.7 Å². The number of ketones is 1. The van der Waals surface area contributed by atoms with Crippen LogP contribution in [-0.2, 0) is 4.79 Å². The Balaban J connectivity index is 1.96. The van der Waals surface area contributed by atoms with Crippen LogP contribution < -0.4 is 19.5 Å². The highest BCUT2D eigenvalue weighted by Crippen LogP contribution is 2.50. The molecule has 1 N–H and O–H groups in total. The van der Waals surface area contributed by atoms with E-state index in [4.69, 9.17) is 19.3 Å². The predicted molar refractivity (Wildman–Crippen MR) is 119 cm³/mol. The van der Waals surface area contributed by atoms with Gasteiger partial charge in [0.2, 0.25) is 16.9 Å². The van der Waals surface area contributed by atoms with Gasteiger partial charge < -0.3 is 19.5 Å². The number of Topliss-reactive ketones (excluding diaryl/α,β-unsaturated/α-hetero) is 1. The predicted octanol–water partition coefficient (Wildman–Crippen LogP) is 4.07. The summed E-state index contributed by atoms with van der Waals surface area (Å²) in [7, 11) is 4.74. The maximum Gasteiger partial charge on any atom is 0.227 e. The third-order valence-corrected chi connectivity index (χ3v) is 6.33. The number of thioether (sulfide) groups is 1. The average Bonchev–Trinajstić information content (AvgIpc) is 3.12. The minimum atomic E-state index is -0.469. The Hall–Kier alpha value is -2.68. The van der Waals surface area contributed by atoms with E-state index in [1.165, 1.54) is 0 Å². The van der Waals surface area contributed by atoms with Crippen LogP contribution in [0.15, 0.2) is 28.6 Å². The zero-order valence-corrected chi connectivity index (χ0v) is 19.6. The Kier molecular flexibility index (Phi) is 5.63. The summed E-state index contributed by atoms with van der Waals surface area (Å²) < 4.78 is 18.6. The number of hydrogen-bond donors (Lipinski definition) is 1. The highest BCUT2D eigenvalue weighted by molar-refractivity contribution is 7.99. The topological polar surface area (TPSA) is 87.5 Å². The number of rotatable bonds is 6. The summed E-state index contributed by atoms with van der Waals surface area (Å²) in [5, 5.41) is 8.78. The highest BCUT2D eigenvalue weighted by Gasteiger charge is 2.43. The molecule has 166 valence electrons. The van der Waals surface area contributed by atoms with E-state index in [2.05, 4.69) is 31.1 Å². The van der Waals surface area contributed by atoms with E-state index < -0.39 is 6.04 Å². The summed E-state index contributed by atoms with van der Waals surface area (Å²) in [5.41, 5.74) is 2.26. The van der Waals surface area contributed by atoms with Gasteiger partial charge in [0, 0.05) is 23.3 Å². The molecule has 0 saturated heterocycles. The Bertz CT molecular complexity index is 1060. The van der Waals surface area contributed by atoms with E-state index in [0.717, 1.165) is 23.4 Å². The number of anilines is 1. The average molecular weight is 445 g/mol. The van der Waals surface area contributed by atoms with Gasteiger partial charge in [0.1, 0.15) is 6.04 Å². The molecule has 1 unspecified atom stereocenters. The lowest BCUT2D eigenvalue weighted by atomic mass is 9.73. The quantitative estimate of drug-likeness (QED) is 0.667. The van der Waals surface area contributed by atoms with Crippen LogP contribution in [0.2, 0.25) is 0 Å². The van der Waals surface area contributed by atoms with Gasteiger partial charge in [0.05, 0.1) is 21.3 Å². The lowest BCUT2D eigenvalue weighted by Gasteiger charge is -2.38. The fraction of sp³-hybridized carbons (Fsp3) is 0.500. The van der Waals surface area contributed by atoms with E-state index in [1.807, 2.05) is 12.1 Å². The van der Waals surface area contributed by atoms with Gasteiger partial charge in [-0.25, -0.2) is 4.68 Å². The van der Waals surface area contributed by atoms with Crippen molar-refractivity contribution in [1.29, 1.82) is 0 Å². The molecule has 1 aliphatic heterocycles. The zero-order chi connectivity index (χ0) is 22.3. The third kappa shape index (κ3) is 3.64. The zero-order valence-electron chi connectivity index (χ0n) is 18.7. The monoisotopic (exact) mass is 444 g/mol. The Labute approximate surface area is 186 Å². The van der Waals surface area contributed by atoms with Gasteiger partial charge in [0.25, 0.3) is 0 Å². The number of aromatic nitrogens is 3. The lowest BCUT2D eigenvalue weighted by molar-refractivity contribution is -0.118. The molecule has 1 aliphatic carbocycles. The largest absolute Gasteiger partial charge is 0.493 e. The molecule has 1 atom stereocenters. The summed E-state index contributed by atoms with van der Waals surface area (Å²) in [4.78, 5) is 18.1. The van der Waals surface area contributed by atoms with E-state index >= 15 is 0 Å². The van der Waals surface area contributed by atoms with E-state index in [9.17, 15) is 4.79 Å². The summed E-state index contributed by atoms with van der Waals surface area (Å²) in [5.74, 6) is 3.14. The highest BCUT2D eigenvalue weighted by atomic mass is 32.2. The van der Waals surface area contributed by atoms with Crippen molar-refractivity contribution >= 4 is 23.5 Å². The number of carbonyl (C=O) groups is 1. The van der Waals surface area contributed by atoms with Crippen molar-refractivity contribution in [2.24, 2.45) is 5.41 Å². The van der Waals surface area contributed by atoms with Crippen LogP contribution in [0.3, 0.4) is 0 Å². The van der Waals surface area contributed by atoms with Crippen LogP contribution in [0.4, 0.5) is 5.95 Å². The van der Waals surface area contributed by atoms with Gasteiger partial charge in [-0.2, -0.15) is 4.98 Å². The second-order valence-corrected chi connectivity index (χ2v) is 9.61. The van der Waals surface area contributed by atoms with Crippen LogP contribution in [-0.4, -0.2) is 47.6 Å². The summed E-state index contributed by atoms with van der Waals surface area (Å²) in [6.07, 6.45) is 1.23. The Morgan fingerprint density at radius 2 is 1.90 bits per heavy atom. The molecule has 0 radical (unpaired) electrons. The van der Waals surface area contributed by atoms with Gasteiger partial charge in [-0.1, -0.05) is 32.5 Å². The molecule has 0 bridgehead atoms. The first-order valence-electron chi connectivity index (χ1n) is 10.2. The van der Waals surface area contributed by atoms with Crippen molar-refractivity contribution in [3.05, 3.63) is 29.0 Å². The summed E-state index contributed by atoms with van der Waals surface area (Å²) in [6, 6.07) is 3.27. The maximum atomic E-state index is 13.4. The van der Waals surface area contributed by atoms with E-state index in [1.54, 1.807) is 37.8 Å². The molecule has 31 heavy (non-hydrogen) atoms. The van der Waals surface area contributed by atoms with Gasteiger partial charge in [-0.15, -0.1) is 5.10 Å². The molecule has 1 aromatic carbocycles. The number of hydrogen-bond acceptors (Lipinski definition) is 8. The maximum absolute atomic E-state index is 13.4. The van der Waals surface area contributed by atoms with E-state index in [0.29, 0.717) is 40.3 Å². The van der Waals surface area contributed by atoms with Crippen LogP contribution in [0, 0.1) is 5.41 Å². The van der Waals surface area contributed by atoms with Gasteiger partial charge in [-0.3, -0.25) is 4.79 Å². The molecule has 0 fully saturated rings. The number of carbonyl (C=O) groups excluding carboxylic acids is 1. The molecule has 4 rings (SSSR count). The van der Waals surface area contributed by atoms with Crippen molar-refractivity contribution in [3.8, 4) is 17.2 Å². The SMILES string of the molecule is CCSc1nc2n(n1)C(c1ccc(OC)c(OC)c1OC)C1=C(CC(C)(C)CC1=O)N2. The number of benzene rings is 1. The first kappa shape index (κ1) is 21.5. The molecule has 9 heteroatoms. The van der Waals surface area contributed by atoms with Crippen LogP contribution in [0.1, 0.15) is 45.2 Å². The van der Waals surface area contributed by atoms with Crippen molar-refractivity contribution in [2.45, 2.75) is 44.8 Å². The Morgan fingerprint density at radius 1 is 1.16 bits per heavy atom. The van der Waals surface area contributed by atoms with Crippen LogP contribution in [0.25, 0.3) is 0 Å². The summed E-state index contributed by atoms with van der Waals surface area (Å²) >= 11 is 1.56. The number of allylic oxidation sites excluding steroid dienone is 2. The summed E-state index contributed by atoms with van der Waals surface area (Å²) in [6.45, 7) is 6.28. The minimum absolute atomic E-state index is 0.103. The molecule has 2 aliphatic rings. The number of nitrogens with zero attached hydrogens (tertiary/aromatic N) is 3. The molecule has 0 amide bonds. The van der Waals surface area contributed by atoms with Gasteiger partial charge >= 0.3 is 0 Å². The first-order valence-corrected chi connectivity index (χ1v) is 11.2. The Morgan fingerprint density at radius 3 is 2.55 bits per heavy atom. The second kappa shape index (κ2) is 8.11. The molecule has 1 aromatic heterocycles. The van der Waals surface area contributed by atoms with E-state index in [-0.39, 0.29) is 11.2 Å². The molecule has 2 aromatic rings. The smallest absolute Gasteiger partial charge is 0.227 e. The first-order chi connectivity index (χ1) is 14.8.